The Hall–Kier alpha value is -1.52. The van der Waals surface area contributed by atoms with Crippen LogP contribution in [0.3, 0.4) is 0 Å². The van der Waals surface area contributed by atoms with Crippen LogP contribution in [0.25, 0.3) is 0 Å². The molecule has 2 rings (SSSR count). The molecule has 0 radical (unpaired) electrons. The van der Waals surface area contributed by atoms with Crippen LogP contribution in [0.4, 0.5) is 4.79 Å². The molecular formula is C12H19N3O2. The van der Waals surface area contributed by atoms with Gasteiger partial charge in [0.2, 0.25) is 0 Å². The first-order valence-electron chi connectivity index (χ1n) is 6.19. The van der Waals surface area contributed by atoms with Crippen LogP contribution < -0.4 is 10.6 Å². The van der Waals surface area contributed by atoms with E-state index >= 15 is 0 Å². The van der Waals surface area contributed by atoms with Crippen molar-refractivity contribution in [2.75, 3.05) is 0 Å². The number of carbonyl (C=O) groups excluding carboxylic acids is 1. The van der Waals surface area contributed by atoms with Crippen LogP contribution in [0.15, 0.2) is 10.8 Å². The number of urea groups is 1. The molecule has 5 nitrogen and oxygen atoms in total. The zero-order valence-electron chi connectivity index (χ0n) is 10.2. The van der Waals surface area contributed by atoms with Crippen molar-refractivity contribution in [1.29, 1.82) is 0 Å². The monoisotopic (exact) mass is 237 g/mol. The molecule has 0 atom stereocenters. The maximum Gasteiger partial charge on any atom is 0.315 e. The minimum absolute atomic E-state index is 0.118. The van der Waals surface area contributed by atoms with E-state index in [1.54, 1.807) is 0 Å². The molecule has 5 heteroatoms. The van der Waals surface area contributed by atoms with Gasteiger partial charge >= 0.3 is 6.03 Å². The van der Waals surface area contributed by atoms with Gasteiger partial charge in [0.15, 0.2) is 6.39 Å². The van der Waals surface area contributed by atoms with Gasteiger partial charge in [-0.3, -0.25) is 0 Å². The number of oxazole rings is 1. The second-order valence-corrected chi connectivity index (χ2v) is 4.52. The summed E-state index contributed by atoms with van der Waals surface area (Å²) < 4.78 is 5.15. The fraction of sp³-hybridized carbons (Fsp3) is 0.667. The molecule has 1 fully saturated rings. The minimum atomic E-state index is -0.118. The van der Waals surface area contributed by atoms with Crippen molar-refractivity contribution >= 4 is 6.03 Å². The number of amides is 2. The van der Waals surface area contributed by atoms with Crippen molar-refractivity contribution in [2.24, 2.45) is 0 Å². The Balaban J connectivity index is 1.72. The summed E-state index contributed by atoms with van der Waals surface area (Å²) in [5, 5.41) is 5.78. The number of hydrogen-bond donors (Lipinski definition) is 2. The van der Waals surface area contributed by atoms with Gasteiger partial charge in [0.25, 0.3) is 0 Å². The third-order valence-electron chi connectivity index (χ3n) is 3.19. The summed E-state index contributed by atoms with van der Waals surface area (Å²) >= 11 is 0. The van der Waals surface area contributed by atoms with E-state index in [1.807, 2.05) is 6.92 Å². The van der Waals surface area contributed by atoms with E-state index in [-0.39, 0.29) is 6.03 Å². The first-order chi connectivity index (χ1) is 8.25. The van der Waals surface area contributed by atoms with Crippen LogP contribution in [0.2, 0.25) is 0 Å². The van der Waals surface area contributed by atoms with Crippen molar-refractivity contribution in [3.63, 3.8) is 0 Å². The van der Waals surface area contributed by atoms with Crippen LogP contribution in [-0.2, 0) is 6.54 Å². The summed E-state index contributed by atoms with van der Waals surface area (Å²) in [7, 11) is 0. The summed E-state index contributed by atoms with van der Waals surface area (Å²) in [6, 6.07) is 0.215. The van der Waals surface area contributed by atoms with Gasteiger partial charge in [0.1, 0.15) is 5.76 Å². The Morgan fingerprint density at radius 3 is 2.88 bits per heavy atom. The Bertz CT molecular complexity index is 370. The van der Waals surface area contributed by atoms with Gasteiger partial charge < -0.3 is 15.1 Å². The maximum absolute atomic E-state index is 11.6. The predicted molar refractivity (Wildman–Crippen MR) is 63.5 cm³/mol. The number of hydrogen-bond acceptors (Lipinski definition) is 3. The number of nitrogens with one attached hydrogen (secondary N) is 2. The number of aromatic nitrogens is 1. The van der Waals surface area contributed by atoms with E-state index in [4.69, 9.17) is 4.42 Å². The van der Waals surface area contributed by atoms with Crippen LogP contribution in [0.1, 0.15) is 43.6 Å². The minimum Gasteiger partial charge on any atom is -0.446 e. The second-order valence-electron chi connectivity index (χ2n) is 4.52. The van der Waals surface area contributed by atoms with E-state index in [1.165, 1.54) is 25.7 Å². The van der Waals surface area contributed by atoms with E-state index in [9.17, 15) is 4.79 Å². The average Bonchev–Trinajstić information content (AvgIpc) is 2.74. The van der Waals surface area contributed by atoms with Gasteiger partial charge in [0, 0.05) is 6.04 Å². The molecule has 1 aromatic rings. The molecule has 0 aromatic carbocycles. The standard InChI is InChI=1S/C12H19N3O2/c1-9-11(17-8-14-9)7-13-12(16)15-10-5-3-2-4-6-10/h8,10H,2-7H2,1H3,(H2,13,15,16). The number of nitrogens with zero attached hydrogens (tertiary/aromatic N) is 1. The molecule has 1 aliphatic carbocycles. The zero-order valence-corrected chi connectivity index (χ0v) is 10.2. The maximum atomic E-state index is 11.6. The lowest BCUT2D eigenvalue weighted by atomic mass is 9.96. The lowest BCUT2D eigenvalue weighted by molar-refractivity contribution is 0.231. The topological polar surface area (TPSA) is 67.2 Å². The van der Waals surface area contributed by atoms with Gasteiger partial charge in [-0.2, -0.15) is 0 Å². The van der Waals surface area contributed by atoms with Gasteiger partial charge in [-0.25, -0.2) is 9.78 Å². The lowest BCUT2D eigenvalue weighted by Crippen LogP contribution is -2.42. The van der Waals surface area contributed by atoms with Crippen molar-refractivity contribution < 1.29 is 9.21 Å². The molecule has 0 aliphatic heterocycles. The third kappa shape index (κ3) is 3.47. The smallest absolute Gasteiger partial charge is 0.315 e. The molecule has 1 heterocycles. The molecule has 1 aromatic heterocycles. The SMILES string of the molecule is Cc1ncoc1CNC(=O)NC1CCCCC1. The lowest BCUT2D eigenvalue weighted by Gasteiger charge is -2.22. The fourth-order valence-corrected chi connectivity index (χ4v) is 2.14. The average molecular weight is 237 g/mol. The van der Waals surface area contributed by atoms with Crippen molar-refractivity contribution in [1.82, 2.24) is 15.6 Å². The molecule has 0 bridgehead atoms. The quantitative estimate of drug-likeness (QED) is 0.846. The molecular weight excluding hydrogens is 218 g/mol. The highest BCUT2D eigenvalue weighted by Crippen LogP contribution is 2.17. The first kappa shape index (κ1) is 12.0. The molecule has 0 unspecified atom stereocenters. The Labute approximate surface area is 101 Å². The number of carbonyl (C=O) groups is 1. The van der Waals surface area contributed by atoms with Gasteiger partial charge in [0.05, 0.1) is 12.2 Å². The van der Waals surface area contributed by atoms with Crippen LogP contribution in [-0.4, -0.2) is 17.1 Å². The summed E-state index contributed by atoms with van der Waals surface area (Å²) in [4.78, 5) is 15.6. The molecule has 0 saturated heterocycles. The zero-order chi connectivity index (χ0) is 12.1. The highest BCUT2D eigenvalue weighted by Gasteiger charge is 2.15. The van der Waals surface area contributed by atoms with Crippen molar-refractivity contribution in [2.45, 2.75) is 51.6 Å². The summed E-state index contributed by atoms with van der Waals surface area (Å²) in [5.74, 6) is 0.712. The summed E-state index contributed by atoms with van der Waals surface area (Å²) in [5.41, 5.74) is 0.822. The Kier molecular flexibility index (Phi) is 4.01. The van der Waals surface area contributed by atoms with Crippen molar-refractivity contribution in [3.8, 4) is 0 Å². The number of rotatable bonds is 3. The number of aryl methyl sites for hydroxylation is 1. The molecule has 1 saturated carbocycles. The van der Waals surface area contributed by atoms with Crippen LogP contribution in [0, 0.1) is 6.92 Å². The van der Waals surface area contributed by atoms with Gasteiger partial charge in [-0.05, 0) is 19.8 Å². The van der Waals surface area contributed by atoms with E-state index < -0.39 is 0 Å². The molecule has 1 aliphatic rings. The highest BCUT2D eigenvalue weighted by molar-refractivity contribution is 5.74. The predicted octanol–water partition coefficient (Wildman–Crippen LogP) is 2.11. The first-order valence-corrected chi connectivity index (χ1v) is 6.19. The second kappa shape index (κ2) is 5.70. The molecule has 2 amide bonds. The molecule has 0 spiro atoms. The summed E-state index contributed by atoms with van der Waals surface area (Å²) in [6.45, 7) is 2.25. The highest BCUT2D eigenvalue weighted by atomic mass is 16.3. The van der Waals surface area contributed by atoms with Gasteiger partial charge in [-0.1, -0.05) is 19.3 Å². The Morgan fingerprint density at radius 1 is 1.47 bits per heavy atom. The van der Waals surface area contributed by atoms with Crippen LogP contribution >= 0.6 is 0 Å². The van der Waals surface area contributed by atoms with E-state index in [0.29, 0.717) is 18.3 Å². The molecule has 17 heavy (non-hydrogen) atoms. The van der Waals surface area contributed by atoms with Crippen molar-refractivity contribution in [3.05, 3.63) is 17.8 Å². The molecule has 2 N–H and O–H groups in total. The summed E-state index contributed by atoms with van der Waals surface area (Å²) in [6.07, 6.45) is 7.30. The van der Waals surface area contributed by atoms with E-state index in [0.717, 1.165) is 18.5 Å². The molecule has 94 valence electrons. The van der Waals surface area contributed by atoms with Gasteiger partial charge in [-0.15, -0.1) is 0 Å². The van der Waals surface area contributed by atoms with Crippen LogP contribution in [0.5, 0.6) is 0 Å². The largest absolute Gasteiger partial charge is 0.446 e. The van der Waals surface area contributed by atoms with E-state index in [2.05, 4.69) is 15.6 Å². The third-order valence-corrected chi connectivity index (χ3v) is 3.19. The Morgan fingerprint density at radius 2 is 2.24 bits per heavy atom. The normalized spacial score (nSPS) is 16.8. The fourth-order valence-electron chi connectivity index (χ4n) is 2.14.